The van der Waals surface area contributed by atoms with Gasteiger partial charge in [-0.25, -0.2) is 0 Å². The molecule has 10 atom stereocenters. The normalized spacial score (nSPS) is 32.9. The van der Waals surface area contributed by atoms with Crippen molar-refractivity contribution in [1.29, 1.82) is 0 Å². The predicted octanol–water partition coefficient (Wildman–Crippen LogP) is -2.77. The molecule has 0 unspecified atom stereocenters. The number of aromatic hydroxyl groups is 2. The molecule has 0 radical (unpaired) electrons. The molecule has 16 heteroatoms. The number of rotatable bonds is 7. The van der Waals surface area contributed by atoms with E-state index in [2.05, 4.69) is 0 Å². The van der Waals surface area contributed by atoms with Crippen molar-refractivity contribution in [1.82, 2.24) is 0 Å². The van der Waals surface area contributed by atoms with Gasteiger partial charge >= 0.3 is 0 Å². The first kappa shape index (κ1) is 30.9. The summed E-state index contributed by atoms with van der Waals surface area (Å²) < 4.78 is 27.8. The molecule has 2 saturated heterocycles. The van der Waals surface area contributed by atoms with Gasteiger partial charge in [-0.15, -0.1) is 0 Å². The van der Waals surface area contributed by atoms with Gasteiger partial charge in [-0.2, -0.15) is 0 Å². The van der Waals surface area contributed by atoms with Crippen molar-refractivity contribution in [2.24, 2.45) is 0 Å². The van der Waals surface area contributed by atoms with Gasteiger partial charge in [0, 0.05) is 17.7 Å². The quantitative estimate of drug-likeness (QED) is 0.130. The van der Waals surface area contributed by atoms with Crippen LogP contribution in [0.5, 0.6) is 23.0 Å². The number of hydrogen-bond donors (Lipinski definition) is 10. The van der Waals surface area contributed by atoms with Crippen molar-refractivity contribution in [3.8, 4) is 34.3 Å². The summed E-state index contributed by atoms with van der Waals surface area (Å²) in [6.07, 6.45) is -16.6. The van der Waals surface area contributed by atoms with Gasteiger partial charge in [-0.05, 0) is 24.3 Å². The summed E-state index contributed by atoms with van der Waals surface area (Å²) in [4.78, 5) is 13.7. The fourth-order valence-corrected chi connectivity index (χ4v) is 4.82. The number of ether oxygens (including phenoxy) is 4. The first-order valence-electron chi connectivity index (χ1n) is 13.0. The van der Waals surface area contributed by atoms with E-state index in [9.17, 15) is 55.9 Å². The Kier molecular flexibility index (Phi) is 8.77. The SMILES string of the molecule is O=c1c(O[C@@H]2O[C@H](CO)[C@@H](O)[C@@H](O)[C@H]2O)c(-c2ccc(O)cc2)oc2cc(O[C@@H]3O[C@H](CO)[C@@H](O)[C@H](O)[C@H]3O)cc(O)c12. The van der Waals surface area contributed by atoms with Gasteiger partial charge in [0.2, 0.25) is 23.8 Å². The average molecular weight is 611 g/mol. The van der Waals surface area contributed by atoms with Crippen LogP contribution in [-0.4, -0.2) is 126 Å². The van der Waals surface area contributed by atoms with E-state index in [1.807, 2.05) is 0 Å². The van der Waals surface area contributed by atoms with Crippen LogP contribution in [0.3, 0.4) is 0 Å². The van der Waals surface area contributed by atoms with Crippen LogP contribution in [-0.2, 0) is 9.47 Å². The number of benzene rings is 2. The zero-order valence-corrected chi connectivity index (χ0v) is 22.1. The highest BCUT2D eigenvalue weighted by Gasteiger charge is 2.46. The molecule has 2 aliphatic rings. The first-order valence-corrected chi connectivity index (χ1v) is 13.0. The number of phenolic OH excluding ortho intramolecular Hbond substituents is 2. The second-order valence-electron chi connectivity index (χ2n) is 10.1. The average Bonchev–Trinajstić information content (AvgIpc) is 2.98. The highest BCUT2D eigenvalue weighted by atomic mass is 16.7. The maximum atomic E-state index is 13.7. The maximum absolute atomic E-state index is 13.7. The standard InChI is InChI=1S/C27H30O16/c28-7-14-17(32)20(35)22(37)26(41-14)39-11-5-12(31)16-13(6-11)40-24(9-1-3-10(30)4-2-9)25(19(16)34)43-27-23(38)21(36)18(33)15(8-29)42-27/h1-6,14-15,17-18,20-23,26-33,35-38H,7-8H2/t14-,15-,17-,18-,20+,21-,22-,23-,26-,27+/m1/s1. The van der Waals surface area contributed by atoms with E-state index in [0.717, 1.165) is 12.1 Å². The molecular weight excluding hydrogens is 580 g/mol. The van der Waals surface area contributed by atoms with Crippen molar-refractivity contribution < 1.29 is 74.4 Å². The molecule has 2 aliphatic heterocycles. The van der Waals surface area contributed by atoms with E-state index in [0.29, 0.717) is 0 Å². The van der Waals surface area contributed by atoms with Crippen molar-refractivity contribution >= 4 is 11.0 Å². The lowest BCUT2D eigenvalue weighted by atomic mass is 9.99. The molecule has 0 amide bonds. The van der Waals surface area contributed by atoms with E-state index in [4.69, 9.17) is 23.4 Å². The molecule has 1 aromatic heterocycles. The highest BCUT2D eigenvalue weighted by Crippen LogP contribution is 2.38. The third-order valence-electron chi connectivity index (χ3n) is 7.22. The van der Waals surface area contributed by atoms with Crippen molar-refractivity contribution in [2.45, 2.75) is 61.4 Å². The monoisotopic (exact) mass is 610 g/mol. The fraction of sp³-hybridized carbons (Fsp3) is 0.444. The minimum absolute atomic E-state index is 0.129. The Morgan fingerprint density at radius 1 is 0.698 bits per heavy atom. The summed E-state index contributed by atoms with van der Waals surface area (Å²) in [5, 5.41) is 100. The summed E-state index contributed by atoms with van der Waals surface area (Å²) in [6, 6.07) is 7.35. The van der Waals surface area contributed by atoms with Crippen LogP contribution < -0.4 is 14.9 Å². The minimum atomic E-state index is -1.89. The van der Waals surface area contributed by atoms with Crippen LogP contribution in [0.1, 0.15) is 0 Å². The molecule has 10 N–H and O–H groups in total. The summed E-state index contributed by atoms with van der Waals surface area (Å²) in [7, 11) is 0. The Morgan fingerprint density at radius 3 is 1.77 bits per heavy atom. The molecule has 0 spiro atoms. The van der Waals surface area contributed by atoms with Crippen LogP contribution in [0.25, 0.3) is 22.3 Å². The number of aliphatic hydroxyl groups is 8. The summed E-state index contributed by atoms with van der Waals surface area (Å²) in [6.45, 7) is -1.48. The molecule has 2 aromatic carbocycles. The molecule has 2 fully saturated rings. The van der Waals surface area contributed by atoms with Gasteiger partial charge in [0.25, 0.3) is 0 Å². The van der Waals surface area contributed by atoms with Crippen molar-refractivity contribution in [3.63, 3.8) is 0 Å². The molecule has 16 nitrogen and oxygen atoms in total. The number of aliphatic hydroxyl groups excluding tert-OH is 8. The lowest BCUT2D eigenvalue weighted by Gasteiger charge is -2.39. The molecule has 0 aliphatic carbocycles. The Hall–Kier alpha value is -3.55. The largest absolute Gasteiger partial charge is 0.508 e. The Labute approximate surface area is 241 Å². The second-order valence-corrected chi connectivity index (χ2v) is 10.1. The lowest BCUT2D eigenvalue weighted by molar-refractivity contribution is -0.277. The summed E-state index contributed by atoms with van der Waals surface area (Å²) >= 11 is 0. The van der Waals surface area contributed by atoms with Crippen molar-refractivity contribution in [2.75, 3.05) is 13.2 Å². The molecule has 234 valence electrons. The van der Waals surface area contributed by atoms with E-state index in [1.165, 1.54) is 24.3 Å². The fourth-order valence-electron chi connectivity index (χ4n) is 4.82. The van der Waals surface area contributed by atoms with Gasteiger partial charge in [0.15, 0.2) is 5.76 Å². The number of fused-ring (bicyclic) bond motifs is 1. The molecule has 43 heavy (non-hydrogen) atoms. The molecule has 0 saturated carbocycles. The molecule has 0 bridgehead atoms. The zero-order chi connectivity index (χ0) is 31.2. The second kappa shape index (κ2) is 12.2. The zero-order valence-electron chi connectivity index (χ0n) is 22.1. The van der Waals surface area contributed by atoms with Crippen LogP contribution in [0, 0.1) is 0 Å². The van der Waals surface area contributed by atoms with Crippen LogP contribution in [0.15, 0.2) is 45.6 Å². The molecule has 5 rings (SSSR count). The van der Waals surface area contributed by atoms with E-state index in [1.54, 1.807) is 0 Å². The van der Waals surface area contributed by atoms with Crippen LogP contribution in [0.4, 0.5) is 0 Å². The number of hydrogen-bond acceptors (Lipinski definition) is 16. The topological polar surface area (TPSA) is 269 Å². The molecule has 3 heterocycles. The Balaban J connectivity index is 1.58. The van der Waals surface area contributed by atoms with E-state index >= 15 is 0 Å². The maximum Gasteiger partial charge on any atom is 0.239 e. The van der Waals surface area contributed by atoms with E-state index in [-0.39, 0.29) is 28.4 Å². The predicted molar refractivity (Wildman–Crippen MR) is 140 cm³/mol. The van der Waals surface area contributed by atoms with Gasteiger partial charge in [-0.3, -0.25) is 4.79 Å². The smallest absolute Gasteiger partial charge is 0.239 e. The lowest BCUT2D eigenvalue weighted by Crippen LogP contribution is -2.60. The molecule has 3 aromatic rings. The van der Waals surface area contributed by atoms with Gasteiger partial charge in [0.05, 0.1) is 13.2 Å². The molecular formula is C27H30O16. The minimum Gasteiger partial charge on any atom is -0.508 e. The Morgan fingerprint density at radius 2 is 1.23 bits per heavy atom. The highest BCUT2D eigenvalue weighted by molar-refractivity contribution is 5.88. The van der Waals surface area contributed by atoms with E-state index < -0.39 is 96.9 Å². The van der Waals surface area contributed by atoms with Crippen LogP contribution >= 0.6 is 0 Å². The number of phenols is 2. The van der Waals surface area contributed by atoms with Crippen molar-refractivity contribution in [3.05, 3.63) is 46.6 Å². The van der Waals surface area contributed by atoms with Gasteiger partial charge < -0.3 is 74.4 Å². The van der Waals surface area contributed by atoms with Gasteiger partial charge in [0.1, 0.15) is 77.0 Å². The summed E-state index contributed by atoms with van der Waals surface area (Å²) in [5.74, 6) is -1.96. The van der Waals surface area contributed by atoms with Crippen LogP contribution in [0.2, 0.25) is 0 Å². The third-order valence-corrected chi connectivity index (χ3v) is 7.22. The third kappa shape index (κ3) is 5.73. The van der Waals surface area contributed by atoms with Gasteiger partial charge in [-0.1, -0.05) is 0 Å². The summed E-state index contributed by atoms with van der Waals surface area (Å²) in [5.41, 5.74) is -1.11. The Bertz CT molecular complexity index is 1490. The first-order chi connectivity index (χ1) is 20.4.